The summed E-state index contributed by atoms with van der Waals surface area (Å²) in [6, 6.07) is 11.1. The summed E-state index contributed by atoms with van der Waals surface area (Å²) in [7, 11) is 0. The van der Waals surface area contributed by atoms with Crippen LogP contribution in [-0.4, -0.2) is 15.0 Å². The SMILES string of the molecule is Cc1cccc(NC(=O)Cn2c(=O)n(-c3cc(F)cc(F)c3)c(=O)c3sccc32)c1. The number of carbonyl (C=O) groups is 1. The Bertz CT molecular complexity index is 1380. The maximum absolute atomic E-state index is 13.7. The third kappa shape index (κ3) is 3.67. The Morgan fingerprint density at radius 1 is 1.07 bits per heavy atom. The Labute approximate surface area is 172 Å². The summed E-state index contributed by atoms with van der Waals surface area (Å²) < 4.78 is 29.4. The molecule has 0 saturated heterocycles. The minimum atomic E-state index is -0.925. The molecule has 4 rings (SSSR count). The second-order valence-electron chi connectivity index (χ2n) is 6.69. The summed E-state index contributed by atoms with van der Waals surface area (Å²) >= 11 is 1.07. The van der Waals surface area contributed by atoms with Crippen LogP contribution in [0.2, 0.25) is 0 Å². The lowest BCUT2D eigenvalue weighted by Crippen LogP contribution is -2.40. The van der Waals surface area contributed by atoms with Gasteiger partial charge < -0.3 is 5.32 Å². The Morgan fingerprint density at radius 3 is 2.50 bits per heavy atom. The number of nitrogens with one attached hydrogen (secondary N) is 1. The second kappa shape index (κ2) is 7.68. The van der Waals surface area contributed by atoms with E-state index in [2.05, 4.69) is 5.32 Å². The van der Waals surface area contributed by atoms with Gasteiger partial charge in [-0.3, -0.25) is 14.2 Å². The van der Waals surface area contributed by atoms with Crippen LogP contribution in [0.1, 0.15) is 5.56 Å². The number of carbonyl (C=O) groups excluding carboxylic acids is 1. The first-order valence-electron chi connectivity index (χ1n) is 8.89. The molecule has 0 saturated carbocycles. The van der Waals surface area contributed by atoms with Crippen molar-refractivity contribution >= 4 is 33.1 Å². The first-order chi connectivity index (χ1) is 14.3. The number of hydrogen-bond donors (Lipinski definition) is 1. The number of rotatable bonds is 4. The molecule has 0 radical (unpaired) electrons. The Morgan fingerprint density at radius 2 is 1.80 bits per heavy atom. The van der Waals surface area contributed by atoms with E-state index in [1.54, 1.807) is 29.6 Å². The van der Waals surface area contributed by atoms with Crippen molar-refractivity contribution in [2.75, 3.05) is 5.32 Å². The fourth-order valence-corrected chi connectivity index (χ4v) is 4.03. The van der Waals surface area contributed by atoms with Gasteiger partial charge in [0.1, 0.15) is 22.9 Å². The molecule has 0 spiro atoms. The van der Waals surface area contributed by atoms with Crippen LogP contribution in [0.15, 0.2) is 63.5 Å². The maximum Gasteiger partial charge on any atom is 0.336 e. The first kappa shape index (κ1) is 19.7. The van der Waals surface area contributed by atoms with Crippen LogP contribution in [0.25, 0.3) is 15.9 Å². The molecular formula is C21H15F2N3O3S. The zero-order chi connectivity index (χ0) is 21.4. The quantitative estimate of drug-likeness (QED) is 0.542. The van der Waals surface area contributed by atoms with Crippen LogP contribution in [0.5, 0.6) is 0 Å². The topological polar surface area (TPSA) is 73.1 Å². The van der Waals surface area contributed by atoms with E-state index in [0.717, 1.165) is 33.6 Å². The summed E-state index contributed by atoms with van der Waals surface area (Å²) in [5.41, 5.74) is -0.0178. The second-order valence-corrected chi connectivity index (χ2v) is 7.61. The van der Waals surface area contributed by atoms with E-state index in [4.69, 9.17) is 0 Å². The molecule has 0 aliphatic carbocycles. The number of amides is 1. The summed E-state index contributed by atoms with van der Waals surface area (Å²) in [5.74, 6) is -2.33. The molecule has 4 aromatic rings. The molecular weight excluding hydrogens is 412 g/mol. The summed E-state index contributed by atoms with van der Waals surface area (Å²) in [5, 5.41) is 4.31. The van der Waals surface area contributed by atoms with Crippen LogP contribution < -0.4 is 16.6 Å². The lowest BCUT2D eigenvalue weighted by Gasteiger charge is -2.13. The largest absolute Gasteiger partial charge is 0.336 e. The lowest BCUT2D eigenvalue weighted by molar-refractivity contribution is -0.116. The number of fused-ring (bicyclic) bond motifs is 1. The molecule has 2 aromatic carbocycles. The number of anilines is 1. The molecule has 9 heteroatoms. The molecule has 0 aliphatic heterocycles. The minimum Gasteiger partial charge on any atom is -0.325 e. The van der Waals surface area contributed by atoms with Crippen molar-refractivity contribution in [2.45, 2.75) is 13.5 Å². The highest BCUT2D eigenvalue weighted by Gasteiger charge is 2.18. The molecule has 1 N–H and O–H groups in total. The third-order valence-electron chi connectivity index (χ3n) is 4.46. The molecule has 0 bridgehead atoms. The Kier molecular flexibility index (Phi) is 5.04. The number of nitrogens with zero attached hydrogens (tertiary/aromatic N) is 2. The first-order valence-corrected chi connectivity index (χ1v) is 9.77. The molecule has 0 atom stereocenters. The van der Waals surface area contributed by atoms with Gasteiger partial charge in [0.25, 0.3) is 5.56 Å². The highest BCUT2D eigenvalue weighted by Crippen LogP contribution is 2.18. The smallest absolute Gasteiger partial charge is 0.325 e. The fourth-order valence-electron chi connectivity index (χ4n) is 3.20. The van der Waals surface area contributed by atoms with Crippen molar-refractivity contribution in [3.05, 3.63) is 91.9 Å². The molecule has 6 nitrogen and oxygen atoms in total. The average Bonchev–Trinajstić information content (AvgIpc) is 3.14. The molecule has 2 heterocycles. The van der Waals surface area contributed by atoms with Crippen LogP contribution in [0.3, 0.4) is 0 Å². The van der Waals surface area contributed by atoms with Gasteiger partial charge in [-0.15, -0.1) is 11.3 Å². The van der Waals surface area contributed by atoms with E-state index in [-0.39, 0.29) is 22.4 Å². The van der Waals surface area contributed by atoms with Crippen molar-refractivity contribution in [1.82, 2.24) is 9.13 Å². The van der Waals surface area contributed by atoms with Crippen molar-refractivity contribution in [3.8, 4) is 5.69 Å². The third-order valence-corrected chi connectivity index (χ3v) is 5.36. The lowest BCUT2D eigenvalue weighted by atomic mass is 10.2. The zero-order valence-corrected chi connectivity index (χ0v) is 16.5. The Hall–Kier alpha value is -3.59. The van der Waals surface area contributed by atoms with Gasteiger partial charge in [-0.2, -0.15) is 0 Å². The van der Waals surface area contributed by atoms with Gasteiger partial charge in [-0.05, 0) is 48.2 Å². The number of benzene rings is 2. The maximum atomic E-state index is 13.7. The van der Waals surface area contributed by atoms with E-state index in [1.165, 1.54) is 0 Å². The fraction of sp³-hybridized carbons (Fsp3) is 0.0952. The van der Waals surface area contributed by atoms with Crippen LogP contribution in [0.4, 0.5) is 14.5 Å². The average molecular weight is 427 g/mol. The molecule has 0 aliphatic rings. The number of aromatic nitrogens is 2. The zero-order valence-electron chi connectivity index (χ0n) is 15.7. The summed E-state index contributed by atoms with van der Waals surface area (Å²) in [6.45, 7) is 1.50. The number of aryl methyl sites for hydroxylation is 1. The van der Waals surface area contributed by atoms with Gasteiger partial charge in [0.05, 0.1) is 11.2 Å². The highest BCUT2D eigenvalue weighted by molar-refractivity contribution is 7.17. The van der Waals surface area contributed by atoms with Gasteiger partial charge in [-0.1, -0.05) is 12.1 Å². The van der Waals surface area contributed by atoms with Gasteiger partial charge in [0.15, 0.2) is 0 Å². The minimum absolute atomic E-state index is 0.197. The molecule has 0 unspecified atom stereocenters. The normalized spacial score (nSPS) is 11.0. The standard InChI is InChI=1S/C21H15F2N3O3S/c1-12-3-2-4-15(7-12)24-18(27)11-25-17-5-6-30-19(17)20(28)26(21(25)29)16-9-13(22)8-14(23)10-16/h2-10H,11H2,1H3,(H,24,27). The predicted molar refractivity (Wildman–Crippen MR) is 111 cm³/mol. The van der Waals surface area contributed by atoms with Crippen LogP contribution in [-0.2, 0) is 11.3 Å². The van der Waals surface area contributed by atoms with Gasteiger partial charge in [-0.25, -0.2) is 18.1 Å². The molecule has 2 aromatic heterocycles. The summed E-state index contributed by atoms with van der Waals surface area (Å²) in [6.07, 6.45) is 0. The van der Waals surface area contributed by atoms with E-state index < -0.39 is 28.8 Å². The van der Waals surface area contributed by atoms with Crippen molar-refractivity contribution < 1.29 is 13.6 Å². The number of hydrogen-bond acceptors (Lipinski definition) is 4. The van der Waals surface area contributed by atoms with Gasteiger partial charge in [0, 0.05) is 11.8 Å². The van der Waals surface area contributed by atoms with Crippen molar-refractivity contribution in [3.63, 3.8) is 0 Å². The molecule has 1 amide bonds. The molecule has 30 heavy (non-hydrogen) atoms. The van der Waals surface area contributed by atoms with Crippen molar-refractivity contribution in [2.24, 2.45) is 0 Å². The van der Waals surface area contributed by atoms with Crippen LogP contribution >= 0.6 is 11.3 Å². The number of thiophene rings is 1. The van der Waals surface area contributed by atoms with Crippen LogP contribution in [0, 0.1) is 18.6 Å². The summed E-state index contributed by atoms with van der Waals surface area (Å²) in [4.78, 5) is 38.5. The van der Waals surface area contributed by atoms with Gasteiger partial charge in [0.2, 0.25) is 5.91 Å². The van der Waals surface area contributed by atoms with E-state index >= 15 is 0 Å². The molecule has 152 valence electrons. The Balaban J connectivity index is 1.82. The monoisotopic (exact) mass is 427 g/mol. The van der Waals surface area contributed by atoms with E-state index in [0.29, 0.717) is 16.3 Å². The number of halogens is 2. The van der Waals surface area contributed by atoms with Crippen molar-refractivity contribution in [1.29, 1.82) is 0 Å². The molecule has 0 fully saturated rings. The van der Waals surface area contributed by atoms with Gasteiger partial charge >= 0.3 is 5.69 Å². The van der Waals surface area contributed by atoms with E-state index in [9.17, 15) is 23.2 Å². The van der Waals surface area contributed by atoms with E-state index in [1.807, 2.05) is 13.0 Å². The predicted octanol–water partition coefficient (Wildman–Crippen LogP) is 3.44. The highest BCUT2D eigenvalue weighted by atomic mass is 32.1.